The molecule has 0 aliphatic heterocycles. The highest BCUT2D eigenvalue weighted by molar-refractivity contribution is 6.22. The number of benzene rings is 10. The lowest BCUT2D eigenvalue weighted by Crippen LogP contribution is -2.10. The molecule has 0 fully saturated rings. The van der Waals surface area contributed by atoms with Crippen LogP contribution in [0.5, 0.6) is 0 Å². The molecule has 0 saturated carbocycles. The largest absolute Gasteiger partial charge is 0.456 e. The number of aromatic nitrogens is 1. The molecule has 0 unspecified atom stereocenters. The Morgan fingerprint density at radius 2 is 0.774 bits per heavy atom. The number of anilines is 6. The third kappa shape index (κ3) is 6.00. The van der Waals surface area contributed by atoms with Crippen LogP contribution in [0.1, 0.15) is 0 Å². The van der Waals surface area contributed by atoms with E-state index in [1.54, 1.807) is 0 Å². The van der Waals surface area contributed by atoms with Crippen molar-refractivity contribution in [3.63, 3.8) is 0 Å². The van der Waals surface area contributed by atoms with Crippen LogP contribution in [0.2, 0.25) is 0 Å². The van der Waals surface area contributed by atoms with Gasteiger partial charge in [-0.2, -0.15) is 0 Å². The van der Waals surface area contributed by atoms with Gasteiger partial charge in [-0.05, 0) is 131 Å². The molecule has 0 radical (unpaired) electrons. The van der Waals surface area contributed by atoms with Crippen LogP contribution in [-0.2, 0) is 0 Å². The van der Waals surface area contributed by atoms with Gasteiger partial charge in [-0.3, -0.25) is 0 Å². The third-order valence-corrected chi connectivity index (χ3v) is 12.1. The molecule has 0 aliphatic rings. The topological polar surface area (TPSA) is 24.6 Å². The normalized spacial score (nSPS) is 11.5. The summed E-state index contributed by atoms with van der Waals surface area (Å²) in [5, 5.41) is 7.19. The first kappa shape index (κ1) is 35.6. The highest BCUT2D eigenvalue weighted by Gasteiger charge is 2.20. The fraction of sp³-hybridized carbons (Fsp3) is 0. The minimum Gasteiger partial charge on any atom is -0.456 e. The third-order valence-electron chi connectivity index (χ3n) is 12.1. The first-order valence-electron chi connectivity index (χ1n) is 21.1. The van der Waals surface area contributed by atoms with Crippen molar-refractivity contribution in [2.45, 2.75) is 0 Å². The molecule has 0 aliphatic carbocycles. The van der Waals surface area contributed by atoms with Crippen LogP contribution in [0.25, 0.3) is 71.3 Å². The number of hydrogen-bond acceptors (Lipinski definition) is 3. The van der Waals surface area contributed by atoms with Crippen LogP contribution in [0, 0.1) is 0 Å². The molecule has 0 saturated heterocycles. The maximum absolute atomic E-state index is 6.18. The van der Waals surface area contributed by atoms with E-state index >= 15 is 0 Å². The fourth-order valence-electron chi connectivity index (χ4n) is 9.28. The second-order valence-corrected chi connectivity index (χ2v) is 15.8. The van der Waals surface area contributed by atoms with E-state index in [0.717, 1.165) is 72.9 Å². The van der Waals surface area contributed by atoms with E-state index in [1.165, 1.54) is 32.6 Å². The minimum atomic E-state index is 0.886. The zero-order valence-electron chi connectivity index (χ0n) is 33.8. The van der Waals surface area contributed by atoms with Crippen LogP contribution in [-0.4, -0.2) is 4.57 Å². The van der Waals surface area contributed by atoms with Gasteiger partial charge in [0, 0.05) is 61.4 Å². The predicted molar refractivity (Wildman–Crippen MR) is 260 cm³/mol. The SMILES string of the molecule is c1ccc(N(c2ccc(-c3ccc(N(c4ccccc4)c4ccc5c(c4)c4c6ccccc6ccc4n5-c4ccccc4)cc3)cc2)c2ccc3oc4ccccc4c3c2)cc1. The molecular formula is C58H39N3O. The van der Waals surface area contributed by atoms with Gasteiger partial charge in [0.05, 0.1) is 11.0 Å². The number of nitrogens with zero attached hydrogens (tertiary/aromatic N) is 3. The van der Waals surface area contributed by atoms with E-state index in [9.17, 15) is 0 Å². The fourth-order valence-corrected chi connectivity index (χ4v) is 9.28. The molecule has 12 aromatic rings. The van der Waals surface area contributed by atoms with Gasteiger partial charge in [0.1, 0.15) is 11.2 Å². The number of fused-ring (bicyclic) bond motifs is 8. The Morgan fingerprint density at radius 1 is 0.306 bits per heavy atom. The van der Waals surface area contributed by atoms with Crippen molar-refractivity contribution in [3.8, 4) is 16.8 Å². The zero-order chi connectivity index (χ0) is 41.0. The maximum Gasteiger partial charge on any atom is 0.135 e. The Bertz CT molecular complexity index is 3560. The van der Waals surface area contributed by atoms with Crippen LogP contribution in [0.15, 0.2) is 241 Å². The van der Waals surface area contributed by atoms with E-state index in [-0.39, 0.29) is 0 Å². The van der Waals surface area contributed by atoms with Crippen molar-refractivity contribution in [2.75, 3.05) is 9.80 Å². The van der Waals surface area contributed by atoms with Gasteiger partial charge in [0.25, 0.3) is 0 Å². The number of hydrogen-bond donors (Lipinski definition) is 0. The summed E-state index contributed by atoms with van der Waals surface area (Å²) in [6.45, 7) is 0. The second-order valence-electron chi connectivity index (χ2n) is 15.8. The molecule has 2 heterocycles. The smallest absolute Gasteiger partial charge is 0.135 e. The summed E-state index contributed by atoms with van der Waals surface area (Å²) in [7, 11) is 0. The van der Waals surface area contributed by atoms with E-state index in [1.807, 2.05) is 12.1 Å². The first-order chi connectivity index (χ1) is 30.7. The van der Waals surface area contributed by atoms with Crippen LogP contribution >= 0.6 is 0 Å². The molecule has 4 heteroatoms. The number of furan rings is 1. The molecule has 62 heavy (non-hydrogen) atoms. The van der Waals surface area contributed by atoms with E-state index in [4.69, 9.17) is 4.42 Å². The van der Waals surface area contributed by atoms with Gasteiger partial charge in [0.2, 0.25) is 0 Å². The Morgan fingerprint density at radius 3 is 1.42 bits per heavy atom. The molecule has 0 N–H and O–H groups in total. The molecular weight excluding hydrogens is 755 g/mol. The number of rotatable bonds is 8. The Hall–Kier alpha value is -8.34. The van der Waals surface area contributed by atoms with E-state index in [2.05, 4.69) is 239 Å². The Labute approximate surface area is 359 Å². The summed E-state index contributed by atoms with van der Waals surface area (Å²) < 4.78 is 8.57. The van der Waals surface area contributed by atoms with Crippen molar-refractivity contribution in [1.29, 1.82) is 0 Å². The Kier molecular flexibility index (Phi) is 8.46. The van der Waals surface area contributed by atoms with Gasteiger partial charge >= 0.3 is 0 Å². The Balaban J connectivity index is 0.927. The molecule has 0 bridgehead atoms. The summed E-state index contributed by atoms with van der Waals surface area (Å²) in [6, 6.07) is 84.6. The predicted octanol–water partition coefficient (Wildman–Crippen LogP) is 16.4. The van der Waals surface area contributed by atoms with E-state index in [0.29, 0.717) is 0 Å². The standard InChI is InChI=1S/C58H39N3O/c1-4-15-43(16-5-1)59(48-33-36-54-53(39-48)58-50-21-11-10-14-42(50)28-35-55(58)61(54)45-19-8-3-9-20-45)46-29-24-40(25-30-46)41-26-31-47(32-27-41)60(44-17-6-2-7-18-44)49-34-37-57-52(38-49)51-22-12-13-23-56(51)62-57/h1-39H. The van der Waals surface area contributed by atoms with Crippen molar-refractivity contribution in [3.05, 3.63) is 237 Å². The van der Waals surface area contributed by atoms with Gasteiger partial charge in [-0.1, -0.05) is 127 Å². The highest BCUT2D eigenvalue weighted by Crippen LogP contribution is 2.43. The molecule has 12 rings (SSSR count). The van der Waals surface area contributed by atoms with E-state index < -0.39 is 0 Å². The average Bonchev–Trinajstić information content (AvgIpc) is 3.89. The summed E-state index contributed by atoms with van der Waals surface area (Å²) in [5.74, 6) is 0. The van der Waals surface area contributed by atoms with Crippen molar-refractivity contribution in [1.82, 2.24) is 4.57 Å². The maximum atomic E-state index is 6.18. The summed E-state index contributed by atoms with van der Waals surface area (Å²) in [6.07, 6.45) is 0. The zero-order valence-corrected chi connectivity index (χ0v) is 33.8. The minimum absolute atomic E-state index is 0.886. The molecule has 0 spiro atoms. The van der Waals surface area contributed by atoms with Crippen LogP contribution in [0.3, 0.4) is 0 Å². The molecule has 10 aromatic carbocycles. The molecule has 2 aromatic heterocycles. The molecule has 4 nitrogen and oxygen atoms in total. The van der Waals surface area contributed by atoms with Crippen molar-refractivity contribution >= 4 is 88.6 Å². The average molecular weight is 794 g/mol. The number of para-hydroxylation sites is 4. The quantitative estimate of drug-likeness (QED) is 0.153. The summed E-state index contributed by atoms with van der Waals surface area (Å²) in [5.41, 5.74) is 14.1. The second kappa shape index (κ2) is 14.7. The lowest BCUT2D eigenvalue weighted by atomic mass is 10.0. The van der Waals surface area contributed by atoms with Crippen molar-refractivity contribution < 1.29 is 4.42 Å². The first-order valence-corrected chi connectivity index (χ1v) is 21.1. The lowest BCUT2D eigenvalue weighted by Gasteiger charge is -2.26. The van der Waals surface area contributed by atoms with Gasteiger partial charge in [-0.15, -0.1) is 0 Å². The summed E-state index contributed by atoms with van der Waals surface area (Å²) >= 11 is 0. The molecule has 0 atom stereocenters. The molecule has 292 valence electrons. The van der Waals surface area contributed by atoms with Gasteiger partial charge < -0.3 is 18.8 Å². The highest BCUT2D eigenvalue weighted by atomic mass is 16.3. The van der Waals surface area contributed by atoms with Gasteiger partial charge in [0.15, 0.2) is 0 Å². The van der Waals surface area contributed by atoms with Crippen LogP contribution < -0.4 is 9.80 Å². The summed E-state index contributed by atoms with van der Waals surface area (Å²) in [4.78, 5) is 4.67. The van der Waals surface area contributed by atoms with Gasteiger partial charge in [-0.25, -0.2) is 0 Å². The van der Waals surface area contributed by atoms with Crippen LogP contribution in [0.4, 0.5) is 34.1 Å². The molecule has 0 amide bonds. The lowest BCUT2D eigenvalue weighted by molar-refractivity contribution is 0.669. The van der Waals surface area contributed by atoms with Crippen molar-refractivity contribution in [2.24, 2.45) is 0 Å². The monoisotopic (exact) mass is 793 g/mol.